The van der Waals surface area contributed by atoms with Gasteiger partial charge in [-0.1, -0.05) is 19.9 Å². The highest BCUT2D eigenvalue weighted by molar-refractivity contribution is 7.89. The van der Waals surface area contributed by atoms with Crippen molar-refractivity contribution in [1.82, 2.24) is 4.72 Å². The van der Waals surface area contributed by atoms with E-state index in [1.165, 1.54) is 18.2 Å². The van der Waals surface area contributed by atoms with Crippen LogP contribution in [0.5, 0.6) is 0 Å². The van der Waals surface area contributed by atoms with E-state index in [4.69, 9.17) is 9.47 Å². The van der Waals surface area contributed by atoms with Crippen LogP contribution in [0.1, 0.15) is 26.3 Å². The summed E-state index contributed by atoms with van der Waals surface area (Å²) in [4.78, 5) is 9.91. The van der Waals surface area contributed by atoms with E-state index in [9.17, 15) is 18.5 Å². The fourth-order valence-corrected chi connectivity index (χ4v) is 2.85. The van der Waals surface area contributed by atoms with Crippen LogP contribution in [0, 0.1) is 17.0 Å². The third-order valence-electron chi connectivity index (χ3n) is 2.72. The molecule has 0 fully saturated rings. The molecule has 8 nitrogen and oxygen atoms in total. The molecule has 0 spiro atoms. The molecule has 0 radical (unpaired) electrons. The van der Waals surface area contributed by atoms with Gasteiger partial charge in [-0.2, -0.15) is 0 Å². The van der Waals surface area contributed by atoms with Crippen LogP contribution in [0.15, 0.2) is 23.1 Å². The van der Waals surface area contributed by atoms with Crippen molar-refractivity contribution in [3.8, 4) is 0 Å². The Kier molecular flexibility index (Phi) is 11.1. The van der Waals surface area contributed by atoms with Gasteiger partial charge in [0.15, 0.2) is 4.90 Å². The summed E-state index contributed by atoms with van der Waals surface area (Å²) in [5, 5.41) is 11.0. The average Bonchev–Trinajstić information content (AvgIpc) is 2.55. The second-order valence-corrected chi connectivity index (χ2v) is 6.17. The van der Waals surface area contributed by atoms with Gasteiger partial charge < -0.3 is 9.47 Å². The summed E-state index contributed by atoms with van der Waals surface area (Å²) >= 11 is 0. The quantitative estimate of drug-likeness (QED) is 0.388. The SMILES string of the molecule is CC.CCOCCOCCNS(=O)(=O)c1ccc(C)cc1[N+](=O)[O-]. The summed E-state index contributed by atoms with van der Waals surface area (Å²) in [6, 6.07) is 3.97. The number of ether oxygens (including phenoxy) is 2. The van der Waals surface area contributed by atoms with Crippen LogP contribution < -0.4 is 4.72 Å². The van der Waals surface area contributed by atoms with Crippen LogP contribution in [0.4, 0.5) is 5.69 Å². The van der Waals surface area contributed by atoms with E-state index >= 15 is 0 Å². The summed E-state index contributed by atoms with van der Waals surface area (Å²) < 4.78 is 36.7. The first kappa shape index (κ1) is 22.4. The van der Waals surface area contributed by atoms with E-state index in [0.717, 1.165) is 0 Å². The molecule has 9 heteroatoms. The molecule has 1 rings (SSSR count). The van der Waals surface area contributed by atoms with Gasteiger partial charge in [0, 0.05) is 19.2 Å². The molecule has 0 unspecified atom stereocenters. The maximum atomic E-state index is 12.1. The molecule has 0 saturated carbocycles. The predicted octanol–water partition coefficient (Wildman–Crippen LogP) is 2.26. The van der Waals surface area contributed by atoms with Gasteiger partial charge >= 0.3 is 0 Å². The molecule has 0 aliphatic rings. The van der Waals surface area contributed by atoms with Gasteiger partial charge in [-0.05, 0) is 25.5 Å². The second kappa shape index (κ2) is 11.9. The summed E-state index contributed by atoms with van der Waals surface area (Å²) in [5.41, 5.74) is 0.176. The minimum atomic E-state index is -3.95. The number of aryl methyl sites for hydroxylation is 1. The molecule has 0 heterocycles. The van der Waals surface area contributed by atoms with Gasteiger partial charge in [0.2, 0.25) is 10.0 Å². The lowest BCUT2D eigenvalue weighted by molar-refractivity contribution is -0.387. The molecule has 0 aromatic heterocycles. The number of benzene rings is 1. The molecular formula is C15H26N2O6S. The number of hydrogen-bond donors (Lipinski definition) is 1. The van der Waals surface area contributed by atoms with Gasteiger partial charge in [-0.15, -0.1) is 0 Å². The summed E-state index contributed by atoms with van der Waals surface area (Å²) in [5.74, 6) is 0. The molecule has 0 aliphatic heterocycles. The van der Waals surface area contributed by atoms with E-state index in [0.29, 0.717) is 25.4 Å². The van der Waals surface area contributed by atoms with Gasteiger partial charge in [0.25, 0.3) is 5.69 Å². The van der Waals surface area contributed by atoms with E-state index in [2.05, 4.69) is 4.72 Å². The lowest BCUT2D eigenvalue weighted by Gasteiger charge is -2.08. The maximum Gasteiger partial charge on any atom is 0.289 e. The van der Waals surface area contributed by atoms with Gasteiger partial charge in [0.05, 0.1) is 24.7 Å². The summed E-state index contributed by atoms with van der Waals surface area (Å²) in [6.45, 7) is 9.09. The third-order valence-corrected chi connectivity index (χ3v) is 4.22. The fourth-order valence-electron chi connectivity index (χ4n) is 1.69. The molecule has 0 aliphatic carbocycles. The Bertz CT molecular complexity index is 604. The molecule has 1 aromatic carbocycles. The highest BCUT2D eigenvalue weighted by atomic mass is 32.2. The number of nitro groups is 1. The Morgan fingerprint density at radius 2 is 1.79 bits per heavy atom. The zero-order chi connectivity index (χ0) is 18.6. The summed E-state index contributed by atoms with van der Waals surface area (Å²) in [6.07, 6.45) is 0. The molecule has 0 saturated heterocycles. The number of hydrogen-bond acceptors (Lipinski definition) is 6. The van der Waals surface area contributed by atoms with Crippen molar-refractivity contribution in [3.63, 3.8) is 0 Å². The lowest BCUT2D eigenvalue weighted by atomic mass is 10.2. The van der Waals surface area contributed by atoms with Crippen molar-refractivity contribution >= 4 is 15.7 Å². The van der Waals surface area contributed by atoms with Crippen molar-refractivity contribution in [2.75, 3.05) is 33.0 Å². The Morgan fingerprint density at radius 1 is 1.17 bits per heavy atom. The highest BCUT2D eigenvalue weighted by Crippen LogP contribution is 2.24. The molecule has 24 heavy (non-hydrogen) atoms. The minimum Gasteiger partial charge on any atom is -0.379 e. The first-order valence-corrected chi connectivity index (χ1v) is 9.27. The standard InChI is InChI=1S/C13H20N2O6S.C2H6/c1-3-20-8-9-21-7-6-14-22(18,19)13-5-4-11(2)10-12(13)15(16)17;1-2/h4-5,10,14H,3,6-9H2,1-2H3;1-2H3. The number of rotatable bonds is 10. The Morgan fingerprint density at radius 3 is 2.38 bits per heavy atom. The van der Waals surface area contributed by atoms with E-state index < -0.39 is 20.6 Å². The van der Waals surface area contributed by atoms with Crippen LogP contribution in [0.2, 0.25) is 0 Å². The highest BCUT2D eigenvalue weighted by Gasteiger charge is 2.25. The zero-order valence-electron chi connectivity index (χ0n) is 14.6. The number of nitro benzene ring substituents is 1. The van der Waals surface area contributed by atoms with E-state index in [1.54, 1.807) is 6.92 Å². The first-order valence-electron chi connectivity index (χ1n) is 7.78. The third kappa shape index (κ3) is 7.82. The topological polar surface area (TPSA) is 108 Å². The van der Waals surface area contributed by atoms with Crippen LogP contribution in [-0.4, -0.2) is 46.3 Å². The van der Waals surface area contributed by atoms with Crippen molar-refractivity contribution < 1.29 is 22.8 Å². The van der Waals surface area contributed by atoms with Crippen LogP contribution in [0.3, 0.4) is 0 Å². The second-order valence-electron chi connectivity index (χ2n) is 4.44. The largest absolute Gasteiger partial charge is 0.379 e. The van der Waals surface area contributed by atoms with Gasteiger partial charge in [0.1, 0.15) is 0 Å². The minimum absolute atomic E-state index is 0.0273. The molecule has 1 aromatic rings. The van der Waals surface area contributed by atoms with Crippen molar-refractivity contribution in [2.24, 2.45) is 0 Å². The molecular weight excluding hydrogens is 336 g/mol. The van der Waals surface area contributed by atoms with Crippen LogP contribution >= 0.6 is 0 Å². The monoisotopic (exact) mass is 362 g/mol. The van der Waals surface area contributed by atoms with Crippen molar-refractivity contribution in [1.29, 1.82) is 0 Å². The molecule has 0 bridgehead atoms. The molecule has 1 N–H and O–H groups in total. The number of nitrogens with zero attached hydrogens (tertiary/aromatic N) is 1. The predicted molar refractivity (Wildman–Crippen MR) is 91.7 cm³/mol. The summed E-state index contributed by atoms with van der Waals surface area (Å²) in [7, 11) is -3.95. The van der Waals surface area contributed by atoms with Gasteiger partial charge in [-0.25, -0.2) is 13.1 Å². The van der Waals surface area contributed by atoms with Crippen molar-refractivity contribution in [2.45, 2.75) is 32.6 Å². The lowest BCUT2D eigenvalue weighted by Crippen LogP contribution is -2.28. The number of sulfonamides is 1. The van der Waals surface area contributed by atoms with E-state index in [-0.39, 0.29) is 18.0 Å². The Labute approximate surface area is 143 Å². The molecule has 0 atom stereocenters. The van der Waals surface area contributed by atoms with Crippen LogP contribution in [0.25, 0.3) is 0 Å². The zero-order valence-corrected chi connectivity index (χ0v) is 15.4. The fraction of sp³-hybridized carbons (Fsp3) is 0.600. The first-order chi connectivity index (χ1) is 11.4. The Balaban J connectivity index is 0.00000254. The smallest absolute Gasteiger partial charge is 0.289 e. The molecule has 0 amide bonds. The van der Waals surface area contributed by atoms with Crippen LogP contribution in [-0.2, 0) is 19.5 Å². The average molecular weight is 362 g/mol. The maximum absolute atomic E-state index is 12.1. The van der Waals surface area contributed by atoms with Gasteiger partial charge in [-0.3, -0.25) is 10.1 Å². The van der Waals surface area contributed by atoms with Crippen molar-refractivity contribution in [3.05, 3.63) is 33.9 Å². The Hall–Kier alpha value is -1.55. The molecule has 138 valence electrons. The normalized spacial score (nSPS) is 10.8. The van der Waals surface area contributed by atoms with E-state index in [1.807, 2.05) is 20.8 Å². The number of nitrogens with one attached hydrogen (secondary N) is 1.